The van der Waals surface area contributed by atoms with Crippen LogP contribution in [-0.4, -0.2) is 20.7 Å². The van der Waals surface area contributed by atoms with Crippen LogP contribution in [0, 0.1) is 5.92 Å². The van der Waals surface area contributed by atoms with Crippen molar-refractivity contribution < 1.29 is 4.79 Å². The first-order valence-electron chi connectivity index (χ1n) is 7.60. The van der Waals surface area contributed by atoms with E-state index in [0.717, 1.165) is 39.2 Å². The van der Waals surface area contributed by atoms with Crippen LogP contribution in [0.5, 0.6) is 0 Å². The molecule has 24 heavy (non-hydrogen) atoms. The van der Waals surface area contributed by atoms with Crippen LogP contribution >= 0.6 is 27.5 Å². The summed E-state index contributed by atoms with van der Waals surface area (Å²) >= 11 is 10.1. The van der Waals surface area contributed by atoms with Gasteiger partial charge in [0.25, 0.3) is 0 Å². The van der Waals surface area contributed by atoms with Gasteiger partial charge in [-0.1, -0.05) is 11.6 Å². The van der Waals surface area contributed by atoms with Crippen LogP contribution in [0.25, 0.3) is 21.9 Å². The largest absolute Gasteiger partial charge is 0.310 e. The molecule has 7 heteroatoms. The molecule has 0 aliphatic heterocycles. The number of benzene rings is 1. The topological polar surface area (TPSA) is 59.8 Å². The number of aromatic nitrogens is 3. The average molecular weight is 406 g/mol. The van der Waals surface area contributed by atoms with Crippen LogP contribution in [0.3, 0.4) is 0 Å². The fourth-order valence-corrected chi connectivity index (χ4v) is 3.46. The Kier molecular flexibility index (Phi) is 3.81. The Balaban J connectivity index is 1.80. The number of nitrogens with one attached hydrogen (secondary N) is 1. The third-order valence-electron chi connectivity index (χ3n) is 4.12. The van der Waals surface area contributed by atoms with Crippen LogP contribution in [0.15, 0.2) is 35.2 Å². The van der Waals surface area contributed by atoms with Crippen molar-refractivity contribution in [3.05, 3.63) is 40.2 Å². The fraction of sp³-hybridized carbons (Fsp3) is 0.235. The van der Waals surface area contributed by atoms with E-state index < -0.39 is 0 Å². The molecule has 1 amide bonds. The highest BCUT2D eigenvalue weighted by molar-refractivity contribution is 9.10. The second-order valence-electron chi connectivity index (χ2n) is 6.01. The summed E-state index contributed by atoms with van der Waals surface area (Å²) in [5.41, 5.74) is 1.92. The van der Waals surface area contributed by atoms with Gasteiger partial charge in [0, 0.05) is 46.3 Å². The first-order valence-corrected chi connectivity index (χ1v) is 8.77. The zero-order valence-corrected chi connectivity index (χ0v) is 15.2. The van der Waals surface area contributed by atoms with Crippen molar-refractivity contribution in [2.75, 3.05) is 5.32 Å². The van der Waals surface area contributed by atoms with E-state index >= 15 is 0 Å². The molecule has 0 saturated heterocycles. The summed E-state index contributed by atoms with van der Waals surface area (Å²) in [5, 5.41) is 9.43. The number of amides is 1. The maximum atomic E-state index is 11.9. The summed E-state index contributed by atoms with van der Waals surface area (Å²) in [6.45, 7) is 0. The van der Waals surface area contributed by atoms with Crippen molar-refractivity contribution in [1.82, 2.24) is 14.8 Å². The molecule has 1 saturated carbocycles. The monoisotopic (exact) mass is 404 g/mol. The minimum Gasteiger partial charge on any atom is -0.310 e. The van der Waals surface area contributed by atoms with Crippen molar-refractivity contribution in [3.63, 3.8) is 0 Å². The smallest absolute Gasteiger partial charge is 0.228 e. The maximum absolute atomic E-state index is 11.9. The zero-order chi connectivity index (χ0) is 16.8. The predicted octanol–water partition coefficient (Wildman–Crippen LogP) is 4.40. The highest BCUT2D eigenvalue weighted by atomic mass is 79.9. The van der Waals surface area contributed by atoms with Gasteiger partial charge in [-0.25, -0.2) is 4.98 Å². The lowest BCUT2D eigenvalue weighted by atomic mass is 10.0. The summed E-state index contributed by atoms with van der Waals surface area (Å²) < 4.78 is 2.55. The normalized spacial score (nSPS) is 14.1. The summed E-state index contributed by atoms with van der Waals surface area (Å²) in [4.78, 5) is 16.2. The maximum Gasteiger partial charge on any atom is 0.228 e. The van der Waals surface area contributed by atoms with Crippen molar-refractivity contribution >= 4 is 50.0 Å². The van der Waals surface area contributed by atoms with Gasteiger partial charge in [0.2, 0.25) is 5.91 Å². The van der Waals surface area contributed by atoms with Crippen molar-refractivity contribution in [2.45, 2.75) is 12.8 Å². The van der Waals surface area contributed by atoms with E-state index in [1.807, 2.05) is 25.4 Å². The highest BCUT2D eigenvalue weighted by Gasteiger charge is 2.29. The van der Waals surface area contributed by atoms with E-state index in [1.54, 1.807) is 17.1 Å². The summed E-state index contributed by atoms with van der Waals surface area (Å²) in [6, 6.07) is 3.88. The number of carbonyl (C=O) groups is 1. The average Bonchev–Trinajstić information content (AvgIpc) is 3.33. The van der Waals surface area contributed by atoms with Crippen LogP contribution in [0.1, 0.15) is 12.8 Å². The first-order chi connectivity index (χ1) is 11.5. The Morgan fingerprint density at radius 1 is 1.38 bits per heavy atom. The number of carbonyl (C=O) groups excluding carboxylic acids is 1. The molecule has 0 atom stereocenters. The van der Waals surface area contributed by atoms with E-state index in [2.05, 4.69) is 31.3 Å². The Morgan fingerprint density at radius 2 is 2.17 bits per heavy atom. The molecule has 1 aromatic carbocycles. The van der Waals surface area contributed by atoms with Gasteiger partial charge in [-0.3, -0.25) is 9.48 Å². The van der Waals surface area contributed by atoms with Gasteiger partial charge >= 0.3 is 0 Å². The molecular weight excluding hydrogens is 392 g/mol. The summed E-state index contributed by atoms with van der Waals surface area (Å²) in [5.74, 6) is 0.731. The van der Waals surface area contributed by atoms with Crippen LogP contribution in [0.4, 0.5) is 5.82 Å². The number of hydrogen-bond acceptors (Lipinski definition) is 3. The highest BCUT2D eigenvalue weighted by Crippen LogP contribution is 2.39. The van der Waals surface area contributed by atoms with Crippen molar-refractivity contribution in [3.8, 4) is 11.1 Å². The summed E-state index contributed by atoms with van der Waals surface area (Å²) in [6.07, 6.45) is 7.34. The second-order valence-corrected chi connectivity index (χ2v) is 7.18. The first kappa shape index (κ1) is 15.6. The minimum atomic E-state index is 0.0394. The number of anilines is 1. The van der Waals surface area contributed by atoms with E-state index in [1.165, 1.54) is 0 Å². The lowest BCUT2D eigenvalue weighted by molar-refractivity contribution is -0.117. The number of nitrogens with zero attached hydrogens (tertiary/aromatic N) is 3. The van der Waals surface area contributed by atoms with E-state index in [0.29, 0.717) is 10.8 Å². The molecule has 1 fully saturated rings. The lowest BCUT2D eigenvalue weighted by Crippen LogP contribution is -2.14. The molecule has 0 bridgehead atoms. The second kappa shape index (κ2) is 5.86. The Morgan fingerprint density at radius 3 is 2.83 bits per heavy atom. The molecular formula is C17H14BrClN4O. The van der Waals surface area contributed by atoms with Gasteiger partial charge in [0.1, 0.15) is 5.82 Å². The van der Waals surface area contributed by atoms with Gasteiger partial charge in [-0.05, 0) is 46.3 Å². The lowest BCUT2D eigenvalue weighted by Gasteiger charge is -2.10. The van der Waals surface area contributed by atoms with Gasteiger partial charge in [0.15, 0.2) is 0 Å². The summed E-state index contributed by atoms with van der Waals surface area (Å²) in [7, 11) is 1.87. The molecule has 2 aromatic heterocycles. The van der Waals surface area contributed by atoms with Crippen LogP contribution < -0.4 is 5.32 Å². The minimum absolute atomic E-state index is 0.0394. The molecule has 4 rings (SSSR count). The molecule has 122 valence electrons. The molecule has 2 heterocycles. The fourth-order valence-electron chi connectivity index (χ4n) is 2.64. The molecule has 0 spiro atoms. The Hall–Kier alpha value is -1.92. The Bertz CT molecular complexity index is 965. The molecule has 1 aliphatic rings. The van der Waals surface area contributed by atoms with Crippen LogP contribution in [-0.2, 0) is 11.8 Å². The molecule has 1 aliphatic carbocycles. The quantitative estimate of drug-likeness (QED) is 0.702. The number of hydrogen-bond donors (Lipinski definition) is 1. The SMILES string of the molecule is Cn1cc(-c2cc3cc(NC(=O)C4CC4)ncc3c(Cl)c2Br)cn1. The van der Waals surface area contributed by atoms with Gasteiger partial charge < -0.3 is 5.32 Å². The third-order valence-corrected chi connectivity index (χ3v) is 5.56. The van der Waals surface area contributed by atoms with E-state index in [9.17, 15) is 4.79 Å². The number of aryl methyl sites for hydroxylation is 1. The number of halogens is 2. The van der Waals surface area contributed by atoms with Crippen molar-refractivity contribution in [1.29, 1.82) is 0 Å². The molecule has 3 aromatic rings. The van der Waals surface area contributed by atoms with E-state index in [-0.39, 0.29) is 11.8 Å². The van der Waals surface area contributed by atoms with E-state index in [4.69, 9.17) is 11.6 Å². The zero-order valence-electron chi connectivity index (χ0n) is 12.9. The number of fused-ring (bicyclic) bond motifs is 1. The molecule has 1 N–H and O–H groups in total. The molecule has 0 unspecified atom stereocenters. The Labute approximate surface area is 152 Å². The number of pyridine rings is 1. The predicted molar refractivity (Wildman–Crippen MR) is 98.0 cm³/mol. The van der Waals surface area contributed by atoms with Gasteiger partial charge in [-0.2, -0.15) is 5.10 Å². The molecule has 5 nitrogen and oxygen atoms in total. The van der Waals surface area contributed by atoms with Crippen molar-refractivity contribution in [2.24, 2.45) is 13.0 Å². The van der Waals surface area contributed by atoms with Crippen LogP contribution in [0.2, 0.25) is 5.02 Å². The molecule has 0 radical (unpaired) electrons. The van der Waals surface area contributed by atoms with Gasteiger partial charge in [-0.15, -0.1) is 0 Å². The standard InChI is InChI=1S/C17H14BrClN4O/c1-23-8-11(6-21-23)12-4-10-5-14(22-17(24)9-2-3-9)20-7-13(10)16(19)15(12)18/h4-9H,2-3H2,1H3,(H,20,22,24). The van der Waals surface area contributed by atoms with Gasteiger partial charge in [0.05, 0.1) is 11.2 Å². The number of rotatable bonds is 3. The third kappa shape index (κ3) is 2.80.